The number of benzene rings is 1. The van der Waals surface area contributed by atoms with Crippen LogP contribution < -0.4 is 0 Å². The highest BCUT2D eigenvalue weighted by molar-refractivity contribution is 6.03. The quantitative estimate of drug-likeness (QED) is 0.467. The molecule has 1 aromatic rings. The summed E-state index contributed by atoms with van der Waals surface area (Å²) in [6.07, 6.45) is 2.47. The molecule has 5 nitrogen and oxygen atoms in total. The summed E-state index contributed by atoms with van der Waals surface area (Å²) in [4.78, 5) is 33.2. The minimum atomic E-state index is -0.912. The number of carboxylic acid groups (broad SMARTS) is 1. The molecule has 106 valence electrons. The van der Waals surface area contributed by atoms with Crippen molar-refractivity contribution in [1.82, 2.24) is 0 Å². The first-order valence-corrected chi connectivity index (χ1v) is 6.18. The Hall–Kier alpha value is -2.43. The van der Waals surface area contributed by atoms with Crippen LogP contribution in [0.25, 0.3) is 6.08 Å². The van der Waals surface area contributed by atoms with Gasteiger partial charge >= 0.3 is 11.9 Å². The van der Waals surface area contributed by atoms with Crippen molar-refractivity contribution in [1.29, 1.82) is 0 Å². The molecule has 0 fully saturated rings. The Bertz CT molecular complexity index is 531. The van der Waals surface area contributed by atoms with Gasteiger partial charge in [-0.15, -0.1) is 0 Å². The fourth-order valence-electron chi connectivity index (χ4n) is 1.58. The third-order valence-electron chi connectivity index (χ3n) is 2.39. The second-order valence-corrected chi connectivity index (χ2v) is 4.10. The van der Waals surface area contributed by atoms with Crippen molar-refractivity contribution in [2.75, 3.05) is 6.61 Å². The second-order valence-electron chi connectivity index (χ2n) is 4.10. The molecule has 20 heavy (non-hydrogen) atoms. The molecule has 0 saturated heterocycles. The third-order valence-corrected chi connectivity index (χ3v) is 2.39. The smallest absolute Gasteiger partial charge is 0.313 e. The van der Waals surface area contributed by atoms with Crippen molar-refractivity contribution in [2.45, 2.75) is 19.8 Å². The molecule has 1 rings (SSSR count). The van der Waals surface area contributed by atoms with E-state index in [1.807, 2.05) is 0 Å². The highest BCUT2D eigenvalue weighted by Crippen LogP contribution is 2.08. The van der Waals surface area contributed by atoms with E-state index in [0.717, 1.165) is 0 Å². The predicted octanol–water partition coefficient (Wildman–Crippen LogP) is 1.85. The van der Waals surface area contributed by atoms with Crippen molar-refractivity contribution < 1.29 is 24.2 Å². The average molecular weight is 276 g/mol. The fourth-order valence-corrected chi connectivity index (χ4v) is 1.58. The molecule has 1 aromatic carbocycles. The van der Waals surface area contributed by atoms with Gasteiger partial charge in [-0.3, -0.25) is 14.4 Å². The van der Waals surface area contributed by atoms with Crippen LogP contribution >= 0.6 is 0 Å². The van der Waals surface area contributed by atoms with E-state index < -0.39 is 11.9 Å². The summed E-state index contributed by atoms with van der Waals surface area (Å²) in [6.45, 7) is 1.92. The Morgan fingerprint density at radius 3 is 2.70 bits per heavy atom. The van der Waals surface area contributed by atoms with Crippen LogP contribution in [0.1, 0.15) is 24.5 Å². The van der Waals surface area contributed by atoms with E-state index >= 15 is 0 Å². The lowest BCUT2D eigenvalue weighted by Gasteiger charge is -2.00. The van der Waals surface area contributed by atoms with Crippen LogP contribution in [0.3, 0.4) is 0 Å². The average Bonchev–Trinajstić information content (AvgIpc) is 2.36. The number of carbonyl (C=O) groups excluding carboxylic acids is 2. The molecule has 0 saturated carbocycles. The van der Waals surface area contributed by atoms with Crippen molar-refractivity contribution in [3.8, 4) is 0 Å². The topological polar surface area (TPSA) is 80.7 Å². The number of rotatable bonds is 7. The fraction of sp³-hybridized carbons (Fsp3) is 0.267. The molecule has 0 spiro atoms. The summed E-state index contributed by atoms with van der Waals surface area (Å²) < 4.78 is 4.67. The van der Waals surface area contributed by atoms with E-state index in [0.29, 0.717) is 11.1 Å². The SMILES string of the molecule is CCOC(=O)CC(=O)C=Cc1cccc(CC(=O)O)c1. The number of allylic oxidation sites excluding steroid dienone is 1. The van der Waals surface area contributed by atoms with Gasteiger partial charge in [0.15, 0.2) is 5.78 Å². The van der Waals surface area contributed by atoms with Gasteiger partial charge < -0.3 is 9.84 Å². The second kappa shape index (κ2) is 7.89. The maximum absolute atomic E-state index is 11.5. The highest BCUT2D eigenvalue weighted by Gasteiger charge is 2.07. The van der Waals surface area contributed by atoms with E-state index in [1.165, 1.54) is 6.08 Å². The van der Waals surface area contributed by atoms with Gasteiger partial charge in [-0.1, -0.05) is 30.3 Å². The molecule has 0 bridgehead atoms. The molecular formula is C15H16O5. The lowest BCUT2D eigenvalue weighted by molar-refractivity contribution is -0.144. The zero-order valence-electron chi connectivity index (χ0n) is 11.2. The van der Waals surface area contributed by atoms with Crippen LogP contribution in [-0.2, 0) is 25.5 Å². The minimum Gasteiger partial charge on any atom is -0.481 e. The van der Waals surface area contributed by atoms with E-state index in [9.17, 15) is 14.4 Å². The molecule has 0 amide bonds. The molecule has 1 N–H and O–H groups in total. The summed E-state index contributed by atoms with van der Waals surface area (Å²) >= 11 is 0. The summed E-state index contributed by atoms with van der Waals surface area (Å²) in [7, 11) is 0. The highest BCUT2D eigenvalue weighted by atomic mass is 16.5. The summed E-state index contributed by atoms with van der Waals surface area (Å²) in [6, 6.07) is 6.85. The summed E-state index contributed by atoms with van der Waals surface area (Å²) in [5, 5.41) is 8.70. The third kappa shape index (κ3) is 5.95. The Labute approximate surface area is 116 Å². The van der Waals surface area contributed by atoms with Gasteiger partial charge in [-0.05, 0) is 24.1 Å². The van der Waals surface area contributed by atoms with Crippen molar-refractivity contribution in [3.63, 3.8) is 0 Å². The van der Waals surface area contributed by atoms with E-state index in [1.54, 1.807) is 37.3 Å². The van der Waals surface area contributed by atoms with Gasteiger partial charge in [0.05, 0.1) is 13.0 Å². The maximum Gasteiger partial charge on any atom is 0.313 e. The number of ketones is 1. The monoisotopic (exact) mass is 276 g/mol. The molecule has 5 heteroatoms. The lowest BCUT2D eigenvalue weighted by atomic mass is 10.1. The first kappa shape index (κ1) is 15.6. The van der Waals surface area contributed by atoms with Crippen molar-refractivity contribution >= 4 is 23.8 Å². The molecule has 0 aromatic heterocycles. The molecule has 0 heterocycles. The van der Waals surface area contributed by atoms with Gasteiger partial charge in [-0.2, -0.15) is 0 Å². The number of carboxylic acids is 1. The molecule has 0 aliphatic rings. The van der Waals surface area contributed by atoms with Crippen molar-refractivity contribution in [2.24, 2.45) is 0 Å². The normalized spacial score (nSPS) is 10.4. The zero-order valence-corrected chi connectivity index (χ0v) is 11.2. The first-order chi connectivity index (χ1) is 9.51. The molecule has 0 unspecified atom stereocenters. The molecule has 0 aliphatic carbocycles. The minimum absolute atomic E-state index is 0.0710. The van der Waals surface area contributed by atoms with Crippen LogP contribution in [0.4, 0.5) is 0 Å². The Kier molecular flexibility index (Phi) is 6.16. The van der Waals surface area contributed by atoms with E-state index in [4.69, 9.17) is 5.11 Å². The number of carbonyl (C=O) groups is 3. The molecular weight excluding hydrogens is 260 g/mol. The van der Waals surface area contributed by atoms with Gasteiger partial charge in [0.2, 0.25) is 0 Å². The number of ether oxygens (including phenoxy) is 1. The number of hydrogen-bond donors (Lipinski definition) is 1. The summed E-state index contributed by atoms with van der Waals surface area (Å²) in [5.41, 5.74) is 1.36. The first-order valence-electron chi connectivity index (χ1n) is 6.18. The molecule has 0 aliphatic heterocycles. The van der Waals surface area contributed by atoms with Gasteiger partial charge in [-0.25, -0.2) is 0 Å². The number of hydrogen-bond acceptors (Lipinski definition) is 4. The zero-order chi connectivity index (χ0) is 15.0. The molecule has 0 atom stereocenters. The Balaban J connectivity index is 2.63. The van der Waals surface area contributed by atoms with Gasteiger partial charge in [0.1, 0.15) is 6.42 Å². The maximum atomic E-state index is 11.5. The van der Waals surface area contributed by atoms with Crippen LogP contribution in [-0.4, -0.2) is 29.4 Å². The van der Waals surface area contributed by atoms with Crippen molar-refractivity contribution in [3.05, 3.63) is 41.5 Å². The van der Waals surface area contributed by atoms with Crippen LogP contribution in [0, 0.1) is 0 Å². The molecule has 0 radical (unpaired) electrons. The van der Waals surface area contributed by atoms with Crippen LogP contribution in [0.2, 0.25) is 0 Å². The van der Waals surface area contributed by atoms with Gasteiger partial charge in [0, 0.05) is 0 Å². The lowest BCUT2D eigenvalue weighted by Crippen LogP contribution is -2.09. The van der Waals surface area contributed by atoms with E-state index in [2.05, 4.69) is 4.74 Å². The number of aliphatic carboxylic acids is 1. The van der Waals surface area contributed by atoms with Crippen LogP contribution in [0.5, 0.6) is 0 Å². The Morgan fingerprint density at radius 1 is 1.30 bits per heavy atom. The van der Waals surface area contributed by atoms with Gasteiger partial charge in [0.25, 0.3) is 0 Å². The van der Waals surface area contributed by atoms with E-state index in [-0.39, 0.29) is 25.2 Å². The predicted molar refractivity (Wildman–Crippen MR) is 73.1 cm³/mol. The standard InChI is InChI=1S/C15H16O5/c1-2-20-15(19)10-13(16)7-6-11-4-3-5-12(8-11)9-14(17)18/h3-8H,2,9-10H2,1H3,(H,17,18). The number of esters is 1. The van der Waals surface area contributed by atoms with Crippen LogP contribution in [0.15, 0.2) is 30.3 Å². The summed E-state index contributed by atoms with van der Waals surface area (Å²) in [5.74, 6) is -1.82. The Morgan fingerprint density at radius 2 is 2.05 bits per heavy atom. The largest absolute Gasteiger partial charge is 0.481 e.